The van der Waals surface area contributed by atoms with E-state index in [4.69, 9.17) is 28.8 Å². The van der Waals surface area contributed by atoms with Crippen LogP contribution in [-0.2, 0) is 45.7 Å². The first-order valence-corrected chi connectivity index (χ1v) is 19.7. The molecule has 1 saturated heterocycles. The molecule has 1 unspecified atom stereocenters. The van der Waals surface area contributed by atoms with Gasteiger partial charge in [-0.25, -0.2) is 4.79 Å². The fraction of sp³-hybridized carbons (Fsp3) is 0.452. The van der Waals surface area contributed by atoms with E-state index in [1.807, 2.05) is 49.3 Å². The average Bonchev–Trinajstić information content (AvgIpc) is 3.49. The highest BCUT2D eigenvalue weighted by Gasteiger charge is 2.46. The Hall–Kier alpha value is -6.31. The molecule has 0 aliphatic carbocycles. The Morgan fingerprint density at radius 3 is 2.30 bits per heavy atom. The number of aryl methyl sites for hydroxylation is 1. The number of fused-ring (bicyclic) bond motifs is 2. The predicted octanol–water partition coefficient (Wildman–Crippen LogP) is 1.33. The van der Waals surface area contributed by atoms with Gasteiger partial charge in [-0.1, -0.05) is 6.07 Å². The monoisotopic (exact) mass is 847 g/mol. The predicted molar refractivity (Wildman–Crippen MR) is 221 cm³/mol. The smallest absolute Gasteiger partial charge is 0.317 e. The van der Waals surface area contributed by atoms with Crippen molar-refractivity contribution in [2.75, 3.05) is 81.4 Å². The van der Waals surface area contributed by atoms with Crippen LogP contribution >= 0.6 is 0 Å². The number of carbonyl (C=O) groups is 6. The molecule has 61 heavy (non-hydrogen) atoms. The molecule has 3 aliphatic heterocycles. The van der Waals surface area contributed by atoms with E-state index in [0.717, 1.165) is 27.2 Å². The lowest BCUT2D eigenvalue weighted by Crippen LogP contribution is -2.54. The number of urea groups is 1. The summed E-state index contributed by atoms with van der Waals surface area (Å²) in [6.07, 6.45) is 2.46. The van der Waals surface area contributed by atoms with E-state index in [1.165, 1.54) is 6.07 Å². The normalized spacial score (nSPS) is 15.8. The van der Waals surface area contributed by atoms with Crippen molar-refractivity contribution < 1.29 is 52.8 Å². The SMILES string of the molecule is COc1cc(-c2cn(C)c(=O)c3c2CCN(C(=O)NCCN(C)CCOCCOc2cccc4c2C(=O)N(C2CCC(=O)NC2=O)C4=O)C3)cc(OC)c1CN(C)C.O=CO. The van der Waals surface area contributed by atoms with Gasteiger partial charge in [-0.15, -0.1) is 0 Å². The van der Waals surface area contributed by atoms with Crippen molar-refractivity contribution in [1.29, 1.82) is 0 Å². The first-order valence-electron chi connectivity index (χ1n) is 19.7. The van der Waals surface area contributed by atoms with Crippen LogP contribution in [0.4, 0.5) is 4.79 Å². The number of aromatic nitrogens is 1. The zero-order valence-electron chi connectivity index (χ0n) is 35.3. The van der Waals surface area contributed by atoms with Crippen LogP contribution in [0.15, 0.2) is 41.3 Å². The van der Waals surface area contributed by atoms with E-state index in [-0.39, 0.29) is 67.5 Å². The van der Waals surface area contributed by atoms with Crippen LogP contribution in [-0.4, -0.2) is 153 Å². The summed E-state index contributed by atoms with van der Waals surface area (Å²) in [6, 6.07) is 7.34. The molecule has 1 aromatic heterocycles. The minimum absolute atomic E-state index is 0.0369. The lowest BCUT2D eigenvalue weighted by molar-refractivity contribution is -0.136. The summed E-state index contributed by atoms with van der Waals surface area (Å²) >= 11 is 0. The molecule has 0 bridgehead atoms. The highest BCUT2D eigenvalue weighted by Crippen LogP contribution is 2.38. The van der Waals surface area contributed by atoms with Gasteiger partial charge in [-0.2, -0.15) is 0 Å². The molecule has 3 aromatic rings. The average molecular weight is 848 g/mol. The van der Waals surface area contributed by atoms with E-state index in [9.17, 15) is 28.8 Å². The van der Waals surface area contributed by atoms with Crippen molar-refractivity contribution >= 4 is 36.1 Å². The fourth-order valence-corrected chi connectivity index (χ4v) is 7.55. The fourth-order valence-electron chi connectivity index (χ4n) is 7.55. The second-order valence-electron chi connectivity index (χ2n) is 14.9. The Labute approximate surface area is 353 Å². The number of likely N-dealkylation sites (N-methyl/N-ethyl adjacent to an activating group) is 1. The second-order valence-corrected chi connectivity index (χ2v) is 14.9. The van der Waals surface area contributed by atoms with Crippen LogP contribution in [0.5, 0.6) is 17.2 Å². The molecule has 2 aromatic carbocycles. The summed E-state index contributed by atoms with van der Waals surface area (Å²) in [5.41, 5.74) is 4.28. The van der Waals surface area contributed by atoms with Gasteiger partial charge in [0.25, 0.3) is 23.8 Å². The summed E-state index contributed by atoms with van der Waals surface area (Å²) in [7, 11) is 10.8. The molecule has 328 valence electrons. The van der Waals surface area contributed by atoms with E-state index >= 15 is 0 Å². The standard InChI is InChI=1S/C41H51N7O10.CH2O2/c1-44(2)22-30-33(55-5)20-25(21-34(30)56-6)28-23-46(4)38(51)29-24-47(14-12-26(28)29)41(54)42-13-15-45(3)16-17-57-18-19-58-32-9-7-8-27-36(32)40(53)48(39(27)52)31-10-11-35(49)43-37(31)50;2-1-3/h7-9,20-21,23,31H,10-19,22,24H2,1-6H3,(H,42,54)(H,43,49,50);1H,(H,2,3). The maximum Gasteiger partial charge on any atom is 0.317 e. The second kappa shape index (κ2) is 20.8. The van der Waals surface area contributed by atoms with Crippen molar-refractivity contribution in [3.8, 4) is 28.4 Å². The van der Waals surface area contributed by atoms with Crippen LogP contribution in [0.1, 0.15) is 50.2 Å². The molecule has 3 N–H and O–H groups in total. The zero-order chi connectivity index (χ0) is 44.4. The van der Waals surface area contributed by atoms with E-state index in [2.05, 4.69) is 10.6 Å². The van der Waals surface area contributed by atoms with Gasteiger partial charge in [0.1, 0.15) is 29.9 Å². The number of hydrogen-bond acceptors (Lipinski definition) is 13. The number of nitrogens with one attached hydrogen (secondary N) is 2. The highest BCUT2D eigenvalue weighted by molar-refractivity contribution is 6.24. The molecule has 6 amide bonds. The molecule has 6 rings (SSSR count). The summed E-state index contributed by atoms with van der Waals surface area (Å²) in [4.78, 5) is 91.9. The largest absolute Gasteiger partial charge is 0.496 e. The molecule has 1 atom stereocenters. The molecule has 3 aliphatic rings. The van der Waals surface area contributed by atoms with Crippen molar-refractivity contribution in [3.05, 3.63) is 74.7 Å². The maximum atomic E-state index is 13.4. The number of carbonyl (C=O) groups excluding carboxylic acids is 5. The first-order chi connectivity index (χ1) is 29.2. The van der Waals surface area contributed by atoms with Crippen molar-refractivity contribution in [3.63, 3.8) is 0 Å². The van der Waals surface area contributed by atoms with Gasteiger partial charge < -0.3 is 48.6 Å². The number of ether oxygens (including phenoxy) is 4. The molecule has 1 fully saturated rings. The summed E-state index contributed by atoms with van der Waals surface area (Å²) in [5, 5.41) is 12.1. The van der Waals surface area contributed by atoms with E-state index in [0.29, 0.717) is 62.8 Å². The molecule has 0 saturated carbocycles. The Kier molecular flexibility index (Phi) is 15.6. The van der Waals surface area contributed by atoms with E-state index in [1.54, 1.807) is 42.9 Å². The number of piperidine rings is 1. The summed E-state index contributed by atoms with van der Waals surface area (Å²) < 4.78 is 24.6. The van der Waals surface area contributed by atoms with Gasteiger partial charge in [0, 0.05) is 63.5 Å². The van der Waals surface area contributed by atoms with Gasteiger partial charge in [-0.05, 0) is 69.4 Å². The highest BCUT2D eigenvalue weighted by atomic mass is 16.5. The number of methoxy groups -OCH3 is 2. The minimum atomic E-state index is -1.06. The Balaban J connectivity index is 0.00000228. The third-order valence-corrected chi connectivity index (χ3v) is 10.6. The lowest BCUT2D eigenvalue weighted by Gasteiger charge is -2.30. The Morgan fingerprint density at radius 2 is 1.64 bits per heavy atom. The molecular formula is C42H53N7O12. The summed E-state index contributed by atoms with van der Waals surface area (Å²) in [5.74, 6) is -0.743. The number of carboxylic acid groups (broad SMARTS) is 1. The number of nitrogens with zero attached hydrogens (tertiary/aromatic N) is 5. The number of rotatable bonds is 16. The molecule has 0 spiro atoms. The topological polar surface area (TPSA) is 219 Å². The third kappa shape index (κ3) is 10.5. The number of hydrogen-bond donors (Lipinski definition) is 3. The molecule has 0 radical (unpaired) electrons. The van der Waals surface area contributed by atoms with E-state index < -0.39 is 29.7 Å². The minimum Gasteiger partial charge on any atom is -0.496 e. The number of benzene rings is 2. The maximum absolute atomic E-state index is 13.4. The van der Waals surface area contributed by atoms with Crippen molar-refractivity contribution in [2.24, 2.45) is 7.05 Å². The molecule has 19 nitrogen and oxygen atoms in total. The number of imide groups is 2. The quantitative estimate of drug-likeness (QED) is 0.105. The van der Waals surface area contributed by atoms with Crippen molar-refractivity contribution in [2.45, 2.75) is 38.4 Å². The lowest BCUT2D eigenvalue weighted by atomic mass is 9.91. The summed E-state index contributed by atoms with van der Waals surface area (Å²) in [6.45, 7) is 3.26. The van der Waals surface area contributed by atoms with Gasteiger partial charge >= 0.3 is 6.03 Å². The van der Waals surface area contributed by atoms with Crippen LogP contribution in [0.3, 0.4) is 0 Å². The molecular weight excluding hydrogens is 794 g/mol. The third-order valence-electron chi connectivity index (χ3n) is 10.6. The zero-order valence-corrected chi connectivity index (χ0v) is 35.3. The molecule has 19 heteroatoms. The van der Waals surface area contributed by atoms with Gasteiger partial charge in [0.05, 0.1) is 50.7 Å². The van der Waals surface area contributed by atoms with Crippen molar-refractivity contribution in [1.82, 2.24) is 34.8 Å². The number of pyridine rings is 1. The number of amides is 6. The van der Waals surface area contributed by atoms with Crippen LogP contribution < -0.4 is 30.4 Å². The van der Waals surface area contributed by atoms with Gasteiger partial charge in [-0.3, -0.25) is 39.0 Å². The Bertz CT molecular complexity index is 2180. The van der Waals surface area contributed by atoms with Crippen LogP contribution in [0.2, 0.25) is 0 Å². The van der Waals surface area contributed by atoms with Gasteiger partial charge in [0.2, 0.25) is 11.8 Å². The Morgan fingerprint density at radius 1 is 0.934 bits per heavy atom. The van der Waals surface area contributed by atoms with Gasteiger partial charge in [0.15, 0.2) is 0 Å². The first kappa shape index (κ1) is 45.8. The molecule has 4 heterocycles. The van der Waals surface area contributed by atoms with Crippen LogP contribution in [0, 0.1) is 0 Å². The van der Waals surface area contributed by atoms with Crippen LogP contribution in [0.25, 0.3) is 11.1 Å².